The van der Waals surface area contributed by atoms with Crippen LogP contribution in [0.4, 0.5) is 4.39 Å². The fraction of sp³-hybridized carbons (Fsp3) is 0.895. The van der Waals surface area contributed by atoms with Crippen LogP contribution in [0.1, 0.15) is 58.8 Å². The summed E-state index contributed by atoms with van der Waals surface area (Å²) in [4.78, 5) is 0. The zero-order chi connectivity index (χ0) is 14.8. The number of halogens is 1. The van der Waals surface area contributed by atoms with Crippen LogP contribution in [-0.4, -0.2) is 17.4 Å². The number of hydrogen-bond acceptors (Lipinski definition) is 1. The molecule has 0 aromatic rings. The first-order valence-corrected chi connectivity index (χ1v) is 8.96. The van der Waals surface area contributed by atoms with E-state index in [4.69, 9.17) is 0 Å². The number of aliphatic hydroxyl groups is 1. The van der Waals surface area contributed by atoms with E-state index in [1.165, 1.54) is 32.1 Å². The number of allylic oxidation sites excluding steroid dienone is 2. The van der Waals surface area contributed by atoms with Crippen molar-refractivity contribution in [1.29, 1.82) is 0 Å². The highest BCUT2D eigenvalue weighted by molar-refractivity contribution is 5.16. The van der Waals surface area contributed by atoms with Crippen molar-refractivity contribution in [3.63, 3.8) is 0 Å². The van der Waals surface area contributed by atoms with Gasteiger partial charge >= 0.3 is 0 Å². The van der Waals surface area contributed by atoms with Crippen LogP contribution >= 0.6 is 0 Å². The Morgan fingerprint density at radius 3 is 2.71 bits per heavy atom. The first kappa shape index (κ1) is 14.2. The molecule has 0 aromatic carbocycles. The molecule has 118 valence electrons. The minimum absolute atomic E-state index is 0.165. The average molecular weight is 292 g/mol. The topological polar surface area (TPSA) is 20.2 Å². The van der Waals surface area contributed by atoms with E-state index < -0.39 is 12.3 Å². The van der Waals surface area contributed by atoms with Crippen LogP contribution in [0, 0.1) is 34.5 Å². The molecule has 0 saturated heterocycles. The highest BCUT2D eigenvalue weighted by Gasteiger charge is 2.61. The molecule has 0 heterocycles. The summed E-state index contributed by atoms with van der Waals surface area (Å²) in [6.45, 7) is 4.62. The van der Waals surface area contributed by atoms with Crippen molar-refractivity contribution >= 4 is 0 Å². The van der Waals surface area contributed by atoms with E-state index in [-0.39, 0.29) is 5.41 Å². The molecule has 0 aliphatic heterocycles. The molecule has 0 spiro atoms. The Hall–Kier alpha value is -0.370. The Kier molecular flexibility index (Phi) is 3.10. The monoisotopic (exact) mass is 292 g/mol. The summed E-state index contributed by atoms with van der Waals surface area (Å²) < 4.78 is 14.2. The van der Waals surface area contributed by atoms with E-state index in [1.807, 2.05) is 0 Å². The minimum atomic E-state index is -0.994. The van der Waals surface area contributed by atoms with Gasteiger partial charge in [-0.1, -0.05) is 26.0 Å². The third-order valence-corrected chi connectivity index (χ3v) is 8.06. The van der Waals surface area contributed by atoms with E-state index in [0.717, 1.165) is 12.3 Å². The SMILES string of the molecule is C[C@]12C=CCCC1CC[C@@H]1[C@H]2CC[C@]2(C)C(O)C(F)C[C@@H]12. The quantitative estimate of drug-likeness (QED) is 0.652. The van der Waals surface area contributed by atoms with E-state index in [0.29, 0.717) is 29.6 Å². The normalized spacial score (nSPS) is 59.2. The smallest absolute Gasteiger partial charge is 0.127 e. The Bertz CT molecular complexity index is 460. The second-order valence-electron chi connectivity index (χ2n) is 8.74. The molecule has 0 aromatic heterocycles. The summed E-state index contributed by atoms with van der Waals surface area (Å²) in [5.74, 6) is 2.57. The molecule has 1 N–H and O–H groups in total. The number of rotatable bonds is 0. The number of aliphatic hydroxyl groups excluding tert-OH is 1. The highest BCUT2D eigenvalue weighted by atomic mass is 19.1. The summed E-state index contributed by atoms with van der Waals surface area (Å²) in [5, 5.41) is 10.4. The fourth-order valence-corrected chi connectivity index (χ4v) is 6.76. The van der Waals surface area contributed by atoms with Gasteiger partial charge in [0.15, 0.2) is 0 Å². The molecule has 0 bridgehead atoms. The minimum Gasteiger partial charge on any atom is -0.390 e. The van der Waals surface area contributed by atoms with Gasteiger partial charge < -0.3 is 5.11 Å². The summed E-state index contributed by atoms with van der Waals surface area (Å²) >= 11 is 0. The Balaban J connectivity index is 1.68. The predicted octanol–water partition coefficient (Wildman–Crippen LogP) is 4.50. The molecule has 8 atom stereocenters. The molecule has 21 heavy (non-hydrogen) atoms. The van der Waals surface area contributed by atoms with Gasteiger partial charge in [0, 0.05) is 0 Å². The summed E-state index contributed by atoms with van der Waals surface area (Å²) in [5.41, 5.74) is 0.171. The Morgan fingerprint density at radius 2 is 1.90 bits per heavy atom. The Labute approximate surface area is 128 Å². The molecular formula is C19H29FO. The van der Waals surface area contributed by atoms with Crippen molar-refractivity contribution in [3.8, 4) is 0 Å². The van der Waals surface area contributed by atoms with Crippen molar-refractivity contribution in [3.05, 3.63) is 12.2 Å². The van der Waals surface area contributed by atoms with E-state index in [9.17, 15) is 9.50 Å². The third kappa shape index (κ3) is 1.77. The summed E-state index contributed by atoms with van der Waals surface area (Å²) in [7, 11) is 0. The zero-order valence-electron chi connectivity index (χ0n) is 13.4. The maximum Gasteiger partial charge on any atom is 0.127 e. The van der Waals surface area contributed by atoms with Gasteiger partial charge in [0.25, 0.3) is 0 Å². The molecule has 3 unspecified atom stereocenters. The van der Waals surface area contributed by atoms with Gasteiger partial charge in [-0.3, -0.25) is 0 Å². The van der Waals surface area contributed by atoms with Crippen LogP contribution in [-0.2, 0) is 0 Å². The molecule has 3 saturated carbocycles. The van der Waals surface area contributed by atoms with Crippen LogP contribution < -0.4 is 0 Å². The maximum atomic E-state index is 14.2. The van der Waals surface area contributed by atoms with E-state index in [2.05, 4.69) is 26.0 Å². The van der Waals surface area contributed by atoms with E-state index in [1.54, 1.807) is 0 Å². The maximum absolute atomic E-state index is 14.2. The second-order valence-corrected chi connectivity index (χ2v) is 8.74. The number of hydrogen-bond donors (Lipinski definition) is 1. The van der Waals surface area contributed by atoms with Gasteiger partial charge in [0.1, 0.15) is 6.17 Å². The summed E-state index contributed by atoms with van der Waals surface area (Å²) in [6.07, 6.45) is 11.1. The molecule has 3 fully saturated rings. The van der Waals surface area contributed by atoms with Gasteiger partial charge in [0.05, 0.1) is 6.10 Å². The number of alkyl halides is 1. The van der Waals surface area contributed by atoms with Crippen LogP contribution in [0.5, 0.6) is 0 Å². The second kappa shape index (κ2) is 4.57. The molecule has 0 radical (unpaired) electrons. The van der Waals surface area contributed by atoms with Crippen LogP contribution in [0.25, 0.3) is 0 Å². The average Bonchev–Trinajstić information content (AvgIpc) is 2.70. The lowest BCUT2D eigenvalue weighted by molar-refractivity contribution is -0.0974. The molecule has 0 amide bonds. The molecule has 2 heteroatoms. The Morgan fingerprint density at radius 1 is 1.10 bits per heavy atom. The van der Waals surface area contributed by atoms with Gasteiger partial charge in [-0.25, -0.2) is 4.39 Å². The molecule has 4 aliphatic rings. The lowest BCUT2D eigenvalue weighted by Crippen LogP contribution is -2.52. The van der Waals surface area contributed by atoms with Gasteiger partial charge in [-0.2, -0.15) is 0 Å². The third-order valence-electron chi connectivity index (χ3n) is 8.06. The van der Waals surface area contributed by atoms with Crippen molar-refractivity contribution in [1.82, 2.24) is 0 Å². The van der Waals surface area contributed by atoms with Crippen molar-refractivity contribution in [2.75, 3.05) is 0 Å². The van der Waals surface area contributed by atoms with E-state index >= 15 is 0 Å². The fourth-order valence-electron chi connectivity index (χ4n) is 6.76. The predicted molar refractivity (Wildman–Crippen MR) is 82.5 cm³/mol. The first-order chi connectivity index (χ1) is 9.97. The standard InChI is InChI=1S/C19H29FO/c1-18-9-4-3-5-12(18)6-7-13-14(18)8-10-19(2)15(13)11-16(20)17(19)21/h4,9,12-17,21H,3,5-8,10-11H2,1-2H3/t12?,13-,14-,15+,16?,17?,18+,19+/m1/s1. The van der Waals surface area contributed by atoms with Crippen molar-refractivity contribution in [2.45, 2.75) is 71.1 Å². The largest absolute Gasteiger partial charge is 0.390 e. The lowest BCUT2D eigenvalue weighted by Gasteiger charge is -2.58. The molecule has 4 aliphatic carbocycles. The zero-order valence-corrected chi connectivity index (χ0v) is 13.4. The first-order valence-electron chi connectivity index (χ1n) is 8.96. The molecule has 1 nitrogen and oxygen atoms in total. The van der Waals surface area contributed by atoms with Crippen molar-refractivity contribution in [2.24, 2.45) is 34.5 Å². The van der Waals surface area contributed by atoms with Crippen molar-refractivity contribution < 1.29 is 9.50 Å². The molecular weight excluding hydrogens is 263 g/mol. The van der Waals surface area contributed by atoms with Gasteiger partial charge in [-0.05, 0) is 79.4 Å². The van der Waals surface area contributed by atoms with Crippen LogP contribution in [0.15, 0.2) is 12.2 Å². The molecule has 4 rings (SSSR count). The number of fused-ring (bicyclic) bond motifs is 5. The summed E-state index contributed by atoms with van der Waals surface area (Å²) in [6, 6.07) is 0. The van der Waals surface area contributed by atoms with Crippen LogP contribution in [0.2, 0.25) is 0 Å². The lowest BCUT2D eigenvalue weighted by atomic mass is 9.46. The van der Waals surface area contributed by atoms with Gasteiger partial charge in [0.2, 0.25) is 0 Å². The van der Waals surface area contributed by atoms with Gasteiger partial charge in [-0.15, -0.1) is 0 Å². The highest BCUT2D eigenvalue weighted by Crippen LogP contribution is 2.65. The van der Waals surface area contributed by atoms with Crippen LogP contribution in [0.3, 0.4) is 0 Å².